The van der Waals surface area contributed by atoms with Crippen molar-refractivity contribution >= 4 is 11.4 Å². The molecule has 2 aromatic rings. The molecule has 0 atom stereocenters. The minimum atomic E-state index is -0.726. The van der Waals surface area contributed by atoms with Gasteiger partial charge in [-0.25, -0.2) is 0 Å². The quantitative estimate of drug-likeness (QED) is 0.609. The van der Waals surface area contributed by atoms with Crippen molar-refractivity contribution in [3.8, 4) is 11.4 Å². The summed E-state index contributed by atoms with van der Waals surface area (Å²) in [7, 11) is 0. The Labute approximate surface area is 92.6 Å². The van der Waals surface area contributed by atoms with Crippen molar-refractivity contribution in [2.45, 2.75) is 0 Å². The molecule has 0 spiro atoms. The smallest absolute Gasteiger partial charge is 0.258 e. The zero-order chi connectivity index (χ0) is 12.4. The lowest BCUT2D eigenvalue weighted by atomic mass is 10.1. The van der Waals surface area contributed by atoms with E-state index in [1.165, 1.54) is 0 Å². The van der Waals surface area contributed by atoms with E-state index in [2.05, 4.69) is 20.6 Å². The van der Waals surface area contributed by atoms with Gasteiger partial charge in [-0.15, -0.1) is 10.2 Å². The maximum absolute atomic E-state index is 10.6. The Morgan fingerprint density at radius 2 is 1.65 bits per heavy atom. The first-order chi connectivity index (χ1) is 8.08. The van der Waals surface area contributed by atoms with Crippen LogP contribution in [0.4, 0.5) is 11.4 Å². The molecule has 0 radical (unpaired) electrons. The number of nitrogens with zero attached hydrogens (tertiary/aromatic N) is 5. The SMILES string of the molecule is O=[N+]([O-])c1cc(-c2nn[nH]n2)cc([N+](=O)[O-])c1. The summed E-state index contributed by atoms with van der Waals surface area (Å²) in [5.74, 6) is 0.0526. The zero-order valence-electron chi connectivity index (χ0n) is 8.10. The van der Waals surface area contributed by atoms with Crippen LogP contribution < -0.4 is 0 Å². The molecule has 17 heavy (non-hydrogen) atoms. The van der Waals surface area contributed by atoms with Crippen LogP contribution in [0.1, 0.15) is 0 Å². The largest absolute Gasteiger partial charge is 0.277 e. The Bertz CT molecular complexity index is 548. The number of non-ortho nitro benzene ring substituents is 2. The lowest BCUT2D eigenvalue weighted by Gasteiger charge is -1.96. The third-order valence-electron chi connectivity index (χ3n) is 1.93. The number of H-pyrrole nitrogens is 1. The molecule has 0 amide bonds. The average molecular weight is 236 g/mol. The highest BCUT2D eigenvalue weighted by molar-refractivity contribution is 5.63. The number of tetrazole rings is 1. The summed E-state index contributed by atoms with van der Waals surface area (Å²) in [6.45, 7) is 0. The van der Waals surface area contributed by atoms with Crippen LogP contribution in [0.3, 0.4) is 0 Å². The van der Waals surface area contributed by atoms with Crippen molar-refractivity contribution in [2.24, 2.45) is 0 Å². The normalized spacial score (nSPS) is 10.1. The Morgan fingerprint density at radius 3 is 2.06 bits per heavy atom. The molecule has 1 heterocycles. The summed E-state index contributed by atoms with van der Waals surface area (Å²) in [5, 5.41) is 33.8. The topological polar surface area (TPSA) is 141 Å². The maximum atomic E-state index is 10.6. The predicted octanol–water partition coefficient (Wildman–Crippen LogP) is 0.683. The number of nitrogens with one attached hydrogen (secondary N) is 1. The van der Waals surface area contributed by atoms with E-state index < -0.39 is 21.2 Å². The molecule has 0 bridgehead atoms. The minimum absolute atomic E-state index is 0.0526. The van der Waals surface area contributed by atoms with E-state index in [0.29, 0.717) is 0 Å². The lowest BCUT2D eigenvalue weighted by molar-refractivity contribution is -0.394. The molecule has 10 heteroatoms. The second kappa shape index (κ2) is 3.92. The van der Waals surface area contributed by atoms with E-state index in [0.717, 1.165) is 18.2 Å². The van der Waals surface area contributed by atoms with Gasteiger partial charge in [-0.2, -0.15) is 5.21 Å². The van der Waals surface area contributed by atoms with Gasteiger partial charge in [0.25, 0.3) is 11.4 Å². The molecule has 2 rings (SSSR count). The van der Waals surface area contributed by atoms with Crippen LogP contribution in [0.25, 0.3) is 11.4 Å². The average Bonchev–Trinajstić information content (AvgIpc) is 2.81. The Balaban J connectivity index is 2.60. The summed E-state index contributed by atoms with van der Waals surface area (Å²) in [5.41, 5.74) is -0.655. The van der Waals surface area contributed by atoms with Gasteiger partial charge >= 0.3 is 0 Å². The number of benzene rings is 1. The van der Waals surface area contributed by atoms with Gasteiger partial charge in [0.05, 0.1) is 15.9 Å². The van der Waals surface area contributed by atoms with Gasteiger partial charge in [0.1, 0.15) is 0 Å². The Morgan fingerprint density at radius 1 is 1.06 bits per heavy atom. The lowest BCUT2D eigenvalue weighted by Crippen LogP contribution is -1.94. The highest BCUT2D eigenvalue weighted by Gasteiger charge is 2.18. The Hall–Kier alpha value is -2.91. The second-order valence-corrected chi connectivity index (χ2v) is 2.99. The van der Waals surface area contributed by atoms with Crippen LogP contribution in [0.15, 0.2) is 18.2 Å². The van der Waals surface area contributed by atoms with Crippen molar-refractivity contribution in [2.75, 3.05) is 0 Å². The highest BCUT2D eigenvalue weighted by Crippen LogP contribution is 2.27. The van der Waals surface area contributed by atoms with Gasteiger partial charge in [-0.05, 0) is 5.21 Å². The second-order valence-electron chi connectivity index (χ2n) is 2.99. The number of aromatic amines is 1. The van der Waals surface area contributed by atoms with E-state index in [9.17, 15) is 20.2 Å². The van der Waals surface area contributed by atoms with E-state index in [1.54, 1.807) is 0 Å². The first-order valence-electron chi connectivity index (χ1n) is 4.25. The Kier molecular flexibility index (Phi) is 2.45. The van der Waals surface area contributed by atoms with Crippen molar-refractivity contribution in [3.05, 3.63) is 38.4 Å². The first-order valence-corrected chi connectivity index (χ1v) is 4.25. The number of aromatic nitrogens is 4. The van der Waals surface area contributed by atoms with Crippen molar-refractivity contribution in [3.63, 3.8) is 0 Å². The van der Waals surface area contributed by atoms with Crippen LogP contribution in [0.2, 0.25) is 0 Å². The molecule has 1 aromatic heterocycles. The number of rotatable bonds is 3. The number of nitro groups is 2. The molecular weight excluding hydrogens is 232 g/mol. The third-order valence-corrected chi connectivity index (χ3v) is 1.93. The van der Waals surface area contributed by atoms with Crippen LogP contribution in [0, 0.1) is 20.2 Å². The van der Waals surface area contributed by atoms with Crippen molar-refractivity contribution in [1.82, 2.24) is 20.6 Å². The van der Waals surface area contributed by atoms with Gasteiger partial charge in [-0.1, -0.05) is 0 Å². The monoisotopic (exact) mass is 236 g/mol. The fraction of sp³-hybridized carbons (Fsp3) is 0. The molecule has 1 aromatic carbocycles. The summed E-state index contributed by atoms with van der Waals surface area (Å²) in [6.07, 6.45) is 0. The van der Waals surface area contributed by atoms with Crippen LogP contribution in [0.5, 0.6) is 0 Å². The number of hydrogen-bond donors (Lipinski definition) is 1. The molecule has 0 aliphatic heterocycles. The maximum Gasteiger partial charge on any atom is 0.277 e. The van der Waals surface area contributed by atoms with Gasteiger partial charge in [0.15, 0.2) is 0 Å². The third kappa shape index (κ3) is 2.04. The van der Waals surface area contributed by atoms with Crippen molar-refractivity contribution < 1.29 is 9.85 Å². The first kappa shape index (κ1) is 10.6. The summed E-state index contributed by atoms with van der Waals surface area (Å²) >= 11 is 0. The van der Waals surface area contributed by atoms with Crippen LogP contribution in [-0.2, 0) is 0 Å². The van der Waals surface area contributed by atoms with E-state index in [-0.39, 0.29) is 11.4 Å². The summed E-state index contributed by atoms with van der Waals surface area (Å²) in [6, 6.07) is 3.14. The molecule has 0 saturated heterocycles. The molecule has 86 valence electrons. The molecule has 0 aliphatic carbocycles. The van der Waals surface area contributed by atoms with Gasteiger partial charge in [0.2, 0.25) is 5.82 Å². The van der Waals surface area contributed by atoms with Gasteiger partial charge < -0.3 is 0 Å². The molecule has 0 aliphatic rings. The standard InChI is InChI=1S/C7H4N6O4/c14-12(15)5-1-4(7-8-10-11-9-7)2-6(3-5)13(16)17/h1-3H,(H,8,9,10,11). The highest BCUT2D eigenvalue weighted by atomic mass is 16.6. The van der Waals surface area contributed by atoms with E-state index in [4.69, 9.17) is 0 Å². The van der Waals surface area contributed by atoms with Gasteiger partial charge in [0, 0.05) is 17.7 Å². The van der Waals surface area contributed by atoms with Gasteiger partial charge in [-0.3, -0.25) is 20.2 Å². The van der Waals surface area contributed by atoms with E-state index in [1.807, 2.05) is 0 Å². The molecule has 0 unspecified atom stereocenters. The molecule has 0 fully saturated rings. The van der Waals surface area contributed by atoms with Crippen LogP contribution in [-0.4, -0.2) is 30.5 Å². The molecule has 10 nitrogen and oxygen atoms in total. The zero-order valence-corrected chi connectivity index (χ0v) is 8.10. The number of hydrogen-bond acceptors (Lipinski definition) is 7. The van der Waals surface area contributed by atoms with Crippen molar-refractivity contribution in [1.29, 1.82) is 0 Å². The predicted molar refractivity (Wildman–Crippen MR) is 52.9 cm³/mol. The number of nitro benzene ring substituents is 2. The summed E-state index contributed by atoms with van der Waals surface area (Å²) in [4.78, 5) is 19.8. The molecule has 0 saturated carbocycles. The fourth-order valence-electron chi connectivity index (χ4n) is 1.22. The van der Waals surface area contributed by atoms with Crippen LogP contribution >= 0.6 is 0 Å². The van der Waals surface area contributed by atoms with E-state index >= 15 is 0 Å². The molecule has 1 N–H and O–H groups in total. The fourth-order valence-corrected chi connectivity index (χ4v) is 1.22. The minimum Gasteiger partial charge on any atom is -0.258 e. The summed E-state index contributed by atoms with van der Waals surface area (Å²) < 4.78 is 0. The molecular formula is C7H4N6O4.